The van der Waals surface area contributed by atoms with Crippen molar-refractivity contribution in [1.29, 1.82) is 0 Å². The summed E-state index contributed by atoms with van der Waals surface area (Å²) in [6.07, 6.45) is 0. The second-order valence-electron chi connectivity index (χ2n) is 4.02. The molecule has 0 spiro atoms. The van der Waals surface area contributed by atoms with Crippen LogP contribution in [0.3, 0.4) is 0 Å². The number of carbonyl (C=O) groups excluding carboxylic acids is 1. The van der Waals surface area contributed by atoms with E-state index in [-0.39, 0.29) is 12.5 Å². The molecule has 0 aromatic heterocycles. The number of carbonyl (C=O) groups is 2. The normalized spacial score (nSPS) is 11.9. The van der Waals surface area contributed by atoms with Crippen molar-refractivity contribution >= 4 is 35.2 Å². The highest BCUT2D eigenvalue weighted by molar-refractivity contribution is 7.99. The molecule has 0 radical (unpaired) electrons. The first-order valence-corrected chi connectivity index (χ1v) is 7.25. The highest BCUT2D eigenvalue weighted by Gasteiger charge is 2.15. The summed E-state index contributed by atoms with van der Waals surface area (Å²) in [5.41, 5.74) is 0.522. The highest BCUT2D eigenvalue weighted by Crippen LogP contribution is 2.26. The highest BCUT2D eigenvalue weighted by atomic mass is 35.5. The number of carboxylic acids is 1. The van der Waals surface area contributed by atoms with Crippen molar-refractivity contribution in [2.45, 2.75) is 18.7 Å². The van der Waals surface area contributed by atoms with E-state index in [4.69, 9.17) is 16.7 Å². The molecule has 19 heavy (non-hydrogen) atoms. The van der Waals surface area contributed by atoms with Gasteiger partial charge in [0.15, 0.2) is 0 Å². The number of carboxylic acid groups (broad SMARTS) is 1. The van der Waals surface area contributed by atoms with E-state index in [0.717, 1.165) is 10.6 Å². The Morgan fingerprint density at radius 2 is 2.16 bits per heavy atom. The van der Waals surface area contributed by atoms with Crippen LogP contribution >= 0.6 is 23.4 Å². The van der Waals surface area contributed by atoms with E-state index in [0.29, 0.717) is 10.6 Å². The zero-order valence-corrected chi connectivity index (χ0v) is 12.3. The van der Waals surface area contributed by atoms with E-state index in [1.54, 1.807) is 25.1 Å². The molecule has 0 aliphatic rings. The first-order valence-electron chi connectivity index (χ1n) is 5.89. The van der Waals surface area contributed by atoms with Crippen LogP contribution in [0.1, 0.15) is 24.2 Å². The molecule has 1 aromatic carbocycles. The molecular weight excluding hydrogens is 286 g/mol. The van der Waals surface area contributed by atoms with Gasteiger partial charge in [0.25, 0.3) is 5.91 Å². The SMILES string of the molecule is CCSc1cc(Cl)ccc1C(=O)NCC(C)C(=O)O. The minimum absolute atomic E-state index is 0.104. The smallest absolute Gasteiger partial charge is 0.308 e. The summed E-state index contributed by atoms with van der Waals surface area (Å²) in [6.45, 7) is 3.64. The Hall–Kier alpha value is -1.20. The predicted octanol–water partition coefficient (Wildman–Crippen LogP) is 2.90. The summed E-state index contributed by atoms with van der Waals surface area (Å²) in [7, 11) is 0. The van der Waals surface area contributed by atoms with Gasteiger partial charge in [-0.05, 0) is 24.0 Å². The van der Waals surface area contributed by atoms with Gasteiger partial charge in [-0.3, -0.25) is 9.59 Å². The molecule has 1 unspecified atom stereocenters. The first-order chi connectivity index (χ1) is 8.95. The molecule has 2 N–H and O–H groups in total. The van der Waals surface area contributed by atoms with Crippen molar-refractivity contribution in [3.63, 3.8) is 0 Å². The Morgan fingerprint density at radius 3 is 2.74 bits per heavy atom. The average molecular weight is 302 g/mol. The molecule has 0 aliphatic heterocycles. The van der Waals surface area contributed by atoms with Crippen LogP contribution < -0.4 is 5.32 Å². The van der Waals surface area contributed by atoms with Crippen molar-refractivity contribution in [2.24, 2.45) is 5.92 Å². The molecule has 4 nitrogen and oxygen atoms in total. The van der Waals surface area contributed by atoms with Gasteiger partial charge in [0.1, 0.15) is 0 Å². The van der Waals surface area contributed by atoms with Gasteiger partial charge in [-0.25, -0.2) is 0 Å². The van der Waals surface area contributed by atoms with Crippen LogP contribution in [-0.4, -0.2) is 29.3 Å². The Bertz CT molecular complexity index is 479. The van der Waals surface area contributed by atoms with Gasteiger partial charge < -0.3 is 10.4 Å². The van der Waals surface area contributed by atoms with Gasteiger partial charge in [0.05, 0.1) is 11.5 Å². The number of thioether (sulfide) groups is 1. The zero-order chi connectivity index (χ0) is 14.4. The molecule has 1 rings (SSSR count). The maximum atomic E-state index is 12.0. The molecule has 6 heteroatoms. The van der Waals surface area contributed by atoms with Gasteiger partial charge >= 0.3 is 5.97 Å². The summed E-state index contributed by atoms with van der Waals surface area (Å²) < 4.78 is 0. The molecule has 0 heterocycles. The van der Waals surface area contributed by atoms with E-state index >= 15 is 0 Å². The maximum absolute atomic E-state index is 12.0. The molecule has 0 bridgehead atoms. The minimum atomic E-state index is -0.931. The van der Waals surface area contributed by atoms with Crippen LogP contribution in [0.15, 0.2) is 23.1 Å². The summed E-state index contributed by atoms with van der Waals surface area (Å²) in [5, 5.41) is 12.0. The lowest BCUT2D eigenvalue weighted by Gasteiger charge is -2.11. The Morgan fingerprint density at radius 1 is 1.47 bits per heavy atom. The third-order valence-electron chi connectivity index (χ3n) is 2.48. The molecule has 1 amide bonds. The number of amides is 1. The largest absolute Gasteiger partial charge is 0.481 e. The first kappa shape index (κ1) is 15.9. The van der Waals surface area contributed by atoms with Crippen LogP contribution in [0.5, 0.6) is 0 Å². The van der Waals surface area contributed by atoms with Crippen LogP contribution in [0.2, 0.25) is 5.02 Å². The molecule has 0 fully saturated rings. The summed E-state index contributed by atoms with van der Waals surface area (Å²) in [6, 6.07) is 5.04. The van der Waals surface area contributed by atoms with Crippen molar-refractivity contribution in [3.05, 3.63) is 28.8 Å². The van der Waals surface area contributed by atoms with Crippen molar-refractivity contribution in [2.75, 3.05) is 12.3 Å². The lowest BCUT2D eigenvalue weighted by Crippen LogP contribution is -2.31. The van der Waals surface area contributed by atoms with Crippen LogP contribution in [0.4, 0.5) is 0 Å². The minimum Gasteiger partial charge on any atom is -0.481 e. The van der Waals surface area contributed by atoms with Crippen LogP contribution in [-0.2, 0) is 4.79 Å². The molecule has 104 valence electrons. The fourth-order valence-electron chi connectivity index (χ4n) is 1.39. The molecule has 0 saturated heterocycles. The van der Waals surface area contributed by atoms with E-state index in [1.807, 2.05) is 6.92 Å². The third-order valence-corrected chi connectivity index (χ3v) is 3.65. The summed E-state index contributed by atoms with van der Waals surface area (Å²) in [5.74, 6) is -0.995. The van der Waals surface area contributed by atoms with E-state index in [9.17, 15) is 9.59 Å². The lowest BCUT2D eigenvalue weighted by atomic mass is 10.1. The predicted molar refractivity (Wildman–Crippen MR) is 77.0 cm³/mol. The maximum Gasteiger partial charge on any atom is 0.308 e. The lowest BCUT2D eigenvalue weighted by molar-refractivity contribution is -0.140. The van der Waals surface area contributed by atoms with Crippen LogP contribution in [0.25, 0.3) is 0 Å². The van der Waals surface area contributed by atoms with Gasteiger partial charge in [-0.15, -0.1) is 11.8 Å². The van der Waals surface area contributed by atoms with Gasteiger partial charge in [0, 0.05) is 16.5 Å². The van der Waals surface area contributed by atoms with E-state index in [1.165, 1.54) is 11.8 Å². The molecule has 0 aliphatic carbocycles. The number of benzene rings is 1. The fourth-order valence-corrected chi connectivity index (χ4v) is 2.46. The molecular formula is C13H16ClNO3S. The van der Waals surface area contributed by atoms with Gasteiger partial charge in [0.2, 0.25) is 0 Å². The monoisotopic (exact) mass is 301 g/mol. The number of hydrogen-bond acceptors (Lipinski definition) is 3. The van der Waals surface area contributed by atoms with Crippen LogP contribution in [0, 0.1) is 5.92 Å². The Kier molecular flexibility index (Phi) is 6.18. The number of hydrogen-bond donors (Lipinski definition) is 2. The Labute approximate surface area is 121 Å². The second kappa shape index (κ2) is 7.40. The van der Waals surface area contributed by atoms with E-state index < -0.39 is 11.9 Å². The molecule has 0 saturated carbocycles. The topological polar surface area (TPSA) is 66.4 Å². The second-order valence-corrected chi connectivity index (χ2v) is 5.77. The Balaban J connectivity index is 2.78. The van der Waals surface area contributed by atoms with Crippen molar-refractivity contribution in [3.8, 4) is 0 Å². The van der Waals surface area contributed by atoms with Gasteiger partial charge in [-0.1, -0.05) is 25.4 Å². The van der Waals surface area contributed by atoms with E-state index in [2.05, 4.69) is 5.32 Å². The number of aliphatic carboxylic acids is 1. The summed E-state index contributed by atoms with van der Waals surface area (Å²) >= 11 is 7.43. The standard InChI is InChI=1S/C13H16ClNO3S/c1-3-19-11-6-9(14)4-5-10(11)12(16)15-7-8(2)13(17)18/h4-6,8H,3,7H2,1-2H3,(H,15,16)(H,17,18). The quantitative estimate of drug-likeness (QED) is 0.793. The van der Waals surface area contributed by atoms with Crippen molar-refractivity contribution in [1.82, 2.24) is 5.32 Å². The van der Waals surface area contributed by atoms with Gasteiger partial charge in [-0.2, -0.15) is 0 Å². The molecule has 1 aromatic rings. The fraction of sp³-hybridized carbons (Fsp3) is 0.385. The average Bonchev–Trinajstić information content (AvgIpc) is 2.36. The number of halogens is 1. The zero-order valence-electron chi connectivity index (χ0n) is 10.8. The number of nitrogens with one attached hydrogen (secondary N) is 1. The number of rotatable bonds is 6. The summed E-state index contributed by atoms with van der Waals surface area (Å²) in [4.78, 5) is 23.5. The van der Waals surface area contributed by atoms with Crippen molar-refractivity contribution < 1.29 is 14.7 Å². The third kappa shape index (κ3) is 4.76. The molecule has 1 atom stereocenters.